The topological polar surface area (TPSA) is 51.1 Å². The maximum absolute atomic E-state index is 13.4. The summed E-state index contributed by atoms with van der Waals surface area (Å²) in [6.45, 7) is 2.35. The number of nitrogens with zero attached hydrogens (tertiary/aromatic N) is 1. The van der Waals surface area contributed by atoms with Gasteiger partial charge in [-0.15, -0.1) is 0 Å². The zero-order valence-electron chi connectivity index (χ0n) is 15.8. The van der Waals surface area contributed by atoms with Gasteiger partial charge < -0.3 is 9.88 Å². The molecular weight excluding hydrogens is 355 g/mol. The van der Waals surface area contributed by atoms with Crippen molar-refractivity contribution in [2.45, 2.75) is 32.7 Å². The fourth-order valence-corrected chi connectivity index (χ4v) is 3.00. The van der Waals surface area contributed by atoms with Crippen LogP contribution in [0.5, 0.6) is 0 Å². The average molecular weight is 378 g/mol. The number of unbranched alkanes of at least 4 members (excludes halogenated alkanes) is 1. The number of nitrogens with one attached hydrogen (secondary N) is 1. The van der Waals surface area contributed by atoms with Crippen molar-refractivity contribution in [3.05, 3.63) is 99.7 Å². The first-order chi connectivity index (χ1) is 13.6. The Kier molecular flexibility index (Phi) is 6.37. The number of amides is 1. The molecule has 0 radical (unpaired) electrons. The summed E-state index contributed by atoms with van der Waals surface area (Å²) in [5, 5.41) is 2.77. The van der Waals surface area contributed by atoms with Crippen molar-refractivity contribution in [3.8, 4) is 0 Å². The molecule has 1 aromatic heterocycles. The molecule has 2 aromatic carbocycles. The van der Waals surface area contributed by atoms with Gasteiger partial charge in [-0.05, 0) is 60.4 Å². The third kappa shape index (κ3) is 4.94. The maximum atomic E-state index is 13.4. The normalized spacial score (nSPS) is 10.6. The second-order valence-electron chi connectivity index (χ2n) is 6.74. The summed E-state index contributed by atoms with van der Waals surface area (Å²) in [7, 11) is 0. The predicted octanol–water partition coefficient (Wildman–Crippen LogP) is 4.63. The van der Waals surface area contributed by atoms with E-state index in [0.717, 1.165) is 19.3 Å². The van der Waals surface area contributed by atoms with Crippen molar-refractivity contribution in [1.82, 2.24) is 4.57 Å². The van der Waals surface area contributed by atoms with E-state index < -0.39 is 11.5 Å². The van der Waals surface area contributed by atoms with Crippen molar-refractivity contribution in [1.29, 1.82) is 0 Å². The molecule has 0 fully saturated rings. The summed E-state index contributed by atoms with van der Waals surface area (Å²) < 4.78 is 14.8. The molecule has 28 heavy (non-hydrogen) atoms. The van der Waals surface area contributed by atoms with Gasteiger partial charge in [0.1, 0.15) is 11.4 Å². The van der Waals surface area contributed by atoms with E-state index >= 15 is 0 Å². The first-order valence-corrected chi connectivity index (χ1v) is 9.41. The molecule has 5 heteroatoms. The third-order valence-corrected chi connectivity index (χ3v) is 4.54. The number of benzene rings is 2. The van der Waals surface area contributed by atoms with Crippen LogP contribution in [-0.4, -0.2) is 10.5 Å². The number of carbonyl (C=O) groups is 1. The van der Waals surface area contributed by atoms with E-state index in [4.69, 9.17) is 0 Å². The predicted molar refractivity (Wildman–Crippen MR) is 109 cm³/mol. The molecule has 0 saturated heterocycles. The molecule has 0 spiro atoms. The molecule has 0 bridgehead atoms. The number of anilines is 1. The van der Waals surface area contributed by atoms with Gasteiger partial charge in [0, 0.05) is 11.9 Å². The number of hydrogen-bond donors (Lipinski definition) is 1. The van der Waals surface area contributed by atoms with E-state index in [0.29, 0.717) is 11.3 Å². The Morgan fingerprint density at radius 1 is 1.04 bits per heavy atom. The van der Waals surface area contributed by atoms with Crippen LogP contribution in [0.1, 0.15) is 41.3 Å². The second kappa shape index (κ2) is 9.13. The summed E-state index contributed by atoms with van der Waals surface area (Å²) in [5.74, 6) is -0.818. The minimum atomic E-state index is -0.458. The Morgan fingerprint density at radius 2 is 1.82 bits per heavy atom. The van der Waals surface area contributed by atoms with Crippen LogP contribution in [0, 0.1) is 5.82 Å². The van der Waals surface area contributed by atoms with Crippen molar-refractivity contribution in [2.24, 2.45) is 0 Å². The second-order valence-corrected chi connectivity index (χ2v) is 6.74. The number of aromatic nitrogens is 1. The number of pyridine rings is 1. The maximum Gasteiger partial charge on any atom is 0.263 e. The van der Waals surface area contributed by atoms with Gasteiger partial charge in [-0.2, -0.15) is 0 Å². The van der Waals surface area contributed by atoms with Gasteiger partial charge in [-0.25, -0.2) is 4.39 Å². The lowest BCUT2D eigenvalue weighted by molar-refractivity contribution is 0.102. The Balaban J connectivity index is 1.74. The van der Waals surface area contributed by atoms with E-state index in [-0.39, 0.29) is 17.9 Å². The van der Waals surface area contributed by atoms with E-state index in [1.807, 2.05) is 24.3 Å². The minimum absolute atomic E-state index is 0.0500. The van der Waals surface area contributed by atoms with Crippen molar-refractivity contribution >= 4 is 11.6 Å². The van der Waals surface area contributed by atoms with Crippen molar-refractivity contribution in [2.75, 3.05) is 5.32 Å². The molecule has 0 atom stereocenters. The molecule has 1 N–H and O–H groups in total. The van der Waals surface area contributed by atoms with Gasteiger partial charge in [-0.3, -0.25) is 9.59 Å². The fraction of sp³-hybridized carbons (Fsp3) is 0.217. The lowest BCUT2D eigenvalue weighted by Crippen LogP contribution is -2.29. The van der Waals surface area contributed by atoms with E-state index in [2.05, 4.69) is 12.2 Å². The number of aryl methyl sites for hydroxylation is 1. The molecule has 0 aliphatic rings. The molecular formula is C23H23FN2O2. The standard InChI is InChI=1S/C23H23FN2O2/c1-2-3-6-17-10-12-20(13-11-17)25-22(27)21-9-5-14-26(23(21)28)16-18-7-4-8-19(24)15-18/h4-5,7-15H,2-3,6,16H2,1H3,(H,25,27). The first-order valence-electron chi connectivity index (χ1n) is 9.41. The molecule has 0 unspecified atom stereocenters. The van der Waals surface area contributed by atoms with Crippen LogP contribution in [0.2, 0.25) is 0 Å². The lowest BCUT2D eigenvalue weighted by Gasteiger charge is -2.10. The summed E-state index contributed by atoms with van der Waals surface area (Å²) >= 11 is 0. The molecule has 0 aliphatic heterocycles. The van der Waals surface area contributed by atoms with Gasteiger partial charge in [0.05, 0.1) is 6.54 Å². The number of rotatable bonds is 7. The Labute approximate surface area is 163 Å². The van der Waals surface area contributed by atoms with Crippen molar-refractivity contribution in [3.63, 3.8) is 0 Å². The quantitative estimate of drug-likeness (QED) is 0.652. The van der Waals surface area contributed by atoms with Crippen LogP contribution in [0.3, 0.4) is 0 Å². The highest BCUT2D eigenvalue weighted by Crippen LogP contribution is 2.13. The first kappa shape index (κ1) is 19.5. The number of halogens is 1. The molecule has 4 nitrogen and oxygen atoms in total. The summed E-state index contributed by atoms with van der Waals surface area (Å²) in [4.78, 5) is 25.2. The van der Waals surface area contributed by atoms with Crippen LogP contribution in [0.4, 0.5) is 10.1 Å². The van der Waals surface area contributed by atoms with E-state index in [1.54, 1.807) is 24.4 Å². The van der Waals surface area contributed by atoms with Gasteiger partial charge >= 0.3 is 0 Å². The van der Waals surface area contributed by atoms with Crippen LogP contribution < -0.4 is 10.9 Å². The highest BCUT2D eigenvalue weighted by Gasteiger charge is 2.13. The SMILES string of the molecule is CCCCc1ccc(NC(=O)c2cccn(Cc3cccc(F)c3)c2=O)cc1. The fourth-order valence-electron chi connectivity index (χ4n) is 3.00. The minimum Gasteiger partial charge on any atom is -0.322 e. The Bertz CT molecular complexity index is 1010. The Hall–Kier alpha value is -3.21. The van der Waals surface area contributed by atoms with Crippen LogP contribution in [0.15, 0.2) is 71.7 Å². The van der Waals surface area contributed by atoms with E-state index in [1.165, 1.54) is 28.3 Å². The summed E-state index contributed by atoms with van der Waals surface area (Å²) in [6, 6.07) is 16.9. The molecule has 1 amide bonds. The summed E-state index contributed by atoms with van der Waals surface area (Å²) in [5.41, 5.74) is 2.15. The van der Waals surface area contributed by atoms with E-state index in [9.17, 15) is 14.0 Å². The summed E-state index contributed by atoms with van der Waals surface area (Å²) in [6.07, 6.45) is 4.86. The molecule has 0 saturated carbocycles. The van der Waals surface area contributed by atoms with Gasteiger partial charge in [0.25, 0.3) is 11.5 Å². The monoisotopic (exact) mass is 378 g/mol. The van der Waals surface area contributed by atoms with Gasteiger partial charge in [0.2, 0.25) is 0 Å². The largest absolute Gasteiger partial charge is 0.322 e. The molecule has 144 valence electrons. The molecule has 3 rings (SSSR count). The number of carbonyl (C=O) groups excluding carboxylic acids is 1. The number of hydrogen-bond acceptors (Lipinski definition) is 2. The smallest absolute Gasteiger partial charge is 0.263 e. The molecule has 3 aromatic rings. The van der Waals surface area contributed by atoms with Gasteiger partial charge in [0.15, 0.2) is 0 Å². The zero-order chi connectivity index (χ0) is 19.9. The van der Waals surface area contributed by atoms with Crippen LogP contribution in [-0.2, 0) is 13.0 Å². The highest BCUT2D eigenvalue weighted by molar-refractivity contribution is 6.03. The van der Waals surface area contributed by atoms with Crippen molar-refractivity contribution < 1.29 is 9.18 Å². The third-order valence-electron chi connectivity index (χ3n) is 4.54. The Morgan fingerprint density at radius 3 is 2.54 bits per heavy atom. The van der Waals surface area contributed by atoms with Crippen LogP contribution in [0.25, 0.3) is 0 Å². The average Bonchev–Trinajstić information content (AvgIpc) is 2.69. The lowest BCUT2D eigenvalue weighted by atomic mass is 10.1. The van der Waals surface area contributed by atoms with Gasteiger partial charge in [-0.1, -0.05) is 37.6 Å². The zero-order valence-corrected chi connectivity index (χ0v) is 15.8. The molecule has 1 heterocycles. The highest BCUT2D eigenvalue weighted by atomic mass is 19.1. The van der Waals surface area contributed by atoms with Crippen LogP contribution >= 0.6 is 0 Å². The molecule has 0 aliphatic carbocycles.